The van der Waals surface area contributed by atoms with E-state index in [9.17, 15) is 9.18 Å². The molecule has 29 heavy (non-hydrogen) atoms. The van der Waals surface area contributed by atoms with E-state index in [0.717, 1.165) is 11.3 Å². The third kappa shape index (κ3) is 3.54. The first-order valence-electron chi connectivity index (χ1n) is 9.39. The monoisotopic (exact) mass is 388 g/mol. The van der Waals surface area contributed by atoms with Crippen molar-refractivity contribution in [2.45, 2.75) is 12.1 Å². The summed E-state index contributed by atoms with van der Waals surface area (Å²) in [6, 6.07) is 16.4. The topological polar surface area (TPSA) is 71.6 Å². The number of ketones is 1. The largest absolute Gasteiger partial charge is 0.367 e. The van der Waals surface area contributed by atoms with Gasteiger partial charge in [0.2, 0.25) is 0 Å². The number of rotatable bonds is 4. The zero-order chi connectivity index (χ0) is 20.4. The highest BCUT2D eigenvalue weighted by Gasteiger charge is 2.32. The molecule has 0 saturated heterocycles. The molecule has 2 aromatic carbocycles. The number of halogens is 1. The van der Waals surface area contributed by atoms with Gasteiger partial charge in [-0.2, -0.15) is 0 Å². The molecule has 0 spiro atoms. The van der Waals surface area contributed by atoms with Gasteiger partial charge in [0.1, 0.15) is 5.82 Å². The predicted octanol–water partition coefficient (Wildman–Crippen LogP) is 3.09. The van der Waals surface area contributed by atoms with Crippen molar-refractivity contribution in [1.29, 1.82) is 0 Å². The van der Waals surface area contributed by atoms with E-state index in [2.05, 4.69) is 4.98 Å². The molecule has 2 N–H and O–H groups in total. The number of nitrogens with zero attached hydrogens (tertiary/aromatic N) is 3. The van der Waals surface area contributed by atoms with Crippen LogP contribution in [0.2, 0.25) is 0 Å². The molecule has 0 saturated carbocycles. The Labute approximate surface area is 168 Å². The maximum atomic E-state index is 14.5. The van der Waals surface area contributed by atoms with Crippen LogP contribution in [0.15, 0.2) is 78.0 Å². The van der Waals surface area contributed by atoms with Gasteiger partial charge in [-0.1, -0.05) is 30.3 Å². The lowest BCUT2D eigenvalue weighted by Gasteiger charge is -2.32. The lowest BCUT2D eigenvalue weighted by molar-refractivity contribution is 0.0949. The summed E-state index contributed by atoms with van der Waals surface area (Å²) >= 11 is 0. The number of anilines is 1. The number of benzodiazepines with no additional fused rings is 1. The number of Topliss-reactive ketones (excluding diaryl/α,β-unsaturated/α-hetero) is 1. The lowest BCUT2D eigenvalue weighted by Crippen LogP contribution is -2.52. The van der Waals surface area contributed by atoms with Crippen molar-refractivity contribution in [3.63, 3.8) is 0 Å². The average molecular weight is 388 g/mol. The molecule has 3 aromatic rings. The fourth-order valence-electron chi connectivity index (χ4n) is 3.67. The number of aliphatic imine (C=N–C) groups is 1. The minimum Gasteiger partial charge on any atom is -0.367 e. The van der Waals surface area contributed by atoms with E-state index in [-0.39, 0.29) is 24.2 Å². The van der Waals surface area contributed by atoms with Crippen molar-refractivity contribution in [1.82, 2.24) is 4.98 Å². The molecule has 5 nitrogen and oxygen atoms in total. The van der Waals surface area contributed by atoms with E-state index >= 15 is 0 Å². The van der Waals surface area contributed by atoms with Crippen LogP contribution in [0, 0.1) is 5.82 Å². The molecule has 1 aliphatic rings. The van der Waals surface area contributed by atoms with Gasteiger partial charge in [-0.05, 0) is 30.3 Å². The highest BCUT2D eigenvalue weighted by molar-refractivity contribution is 6.16. The number of benzene rings is 2. The Morgan fingerprint density at radius 1 is 1.10 bits per heavy atom. The van der Waals surface area contributed by atoms with Gasteiger partial charge in [-0.25, -0.2) is 4.39 Å². The Balaban J connectivity index is 1.76. The first kappa shape index (κ1) is 19.0. The third-order valence-electron chi connectivity index (χ3n) is 5.27. The van der Waals surface area contributed by atoms with Gasteiger partial charge in [-0.15, -0.1) is 0 Å². The molecule has 6 heteroatoms. The van der Waals surface area contributed by atoms with Crippen LogP contribution >= 0.6 is 0 Å². The van der Waals surface area contributed by atoms with Crippen LogP contribution in [0.25, 0.3) is 0 Å². The molecule has 0 fully saturated rings. The van der Waals surface area contributed by atoms with Crippen LogP contribution in [-0.4, -0.2) is 42.2 Å². The van der Waals surface area contributed by atoms with E-state index in [0.29, 0.717) is 16.8 Å². The number of fused-ring (bicyclic) bond motifs is 1. The molecule has 1 aliphatic heterocycles. The Morgan fingerprint density at radius 3 is 2.55 bits per heavy atom. The molecule has 0 bridgehead atoms. The fraction of sp³-hybridized carbons (Fsp3) is 0.174. The summed E-state index contributed by atoms with van der Waals surface area (Å²) in [5.74, 6) is -0.533. The van der Waals surface area contributed by atoms with Gasteiger partial charge in [0.15, 0.2) is 5.78 Å². The molecule has 1 aromatic heterocycles. The maximum Gasteiger partial charge on any atom is 0.183 e. The summed E-state index contributed by atoms with van der Waals surface area (Å²) in [7, 11) is 1.89. The lowest BCUT2D eigenvalue weighted by atomic mass is 9.97. The van der Waals surface area contributed by atoms with Gasteiger partial charge < -0.3 is 10.6 Å². The number of carbonyl (C=O) groups is 1. The van der Waals surface area contributed by atoms with Gasteiger partial charge >= 0.3 is 0 Å². The summed E-state index contributed by atoms with van der Waals surface area (Å²) < 4.78 is 14.5. The Morgan fingerprint density at radius 2 is 1.83 bits per heavy atom. The molecular formula is C23H21FN4O. The van der Waals surface area contributed by atoms with Crippen molar-refractivity contribution < 1.29 is 9.18 Å². The molecule has 2 heterocycles. The van der Waals surface area contributed by atoms with Crippen molar-refractivity contribution in [2.24, 2.45) is 10.7 Å². The number of likely N-dealkylation sites (N-methyl/N-ethyl adjacent to an activating group) is 1. The average Bonchev–Trinajstić information content (AvgIpc) is 2.91. The zero-order valence-electron chi connectivity index (χ0n) is 16.0. The maximum absolute atomic E-state index is 14.5. The first-order valence-corrected chi connectivity index (χ1v) is 9.39. The summed E-state index contributed by atoms with van der Waals surface area (Å²) in [6.07, 6.45) is 3.13. The van der Waals surface area contributed by atoms with Gasteiger partial charge in [0.05, 0.1) is 24.3 Å². The van der Waals surface area contributed by atoms with E-state index in [1.54, 1.807) is 36.5 Å². The number of hydrogen-bond acceptors (Lipinski definition) is 5. The van der Waals surface area contributed by atoms with Crippen LogP contribution in [0.3, 0.4) is 0 Å². The van der Waals surface area contributed by atoms with Crippen molar-refractivity contribution in [3.8, 4) is 0 Å². The Kier molecular flexibility index (Phi) is 5.18. The number of para-hydroxylation sites is 1. The van der Waals surface area contributed by atoms with E-state index in [1.807, 2.05) is 36.2 Å². The standard InChI is InChI=1S/C23H21FN4O/c1-28-19-11-5-3-9-17(19)22(16-8-2-4-10-18(16)24)27-14-20(28)21(25)23(29)15-7-6-12-26-13-15/h2-13,20-21H,14,25H2,1H3. The van der Waals surface area contributed by atoms with E-state index in [4.69, 9.17) is 10.7 Å². The molecule has 2 atom stereocenters. The number of carbonyl (C=O) groups excluding carboxylic acids is 1. The summed E-state index contributed by atoms with van der Waals surface area (Å²) in [5.41, 5.74) is 9.51. The first-order chi connectivity index (χ1) is 14.1. The summed E-state index contributed by atoms with van der Waals surface area (Å²) in [6.45, 7) is 0.266. The molecular weight excluding hydrogens is 367 g/mol. The van der Waals surface area contributed by atoms with Crippen LogP contribution < -0.4 is 10.6 Å². The Bertz CT molecular complexity index is 1070. The second-order valence-electron chi connectivity index (χ2n) is 7.00. The Hall–Kier alpha value is -3.38. The minimum atomic E-state index is -0.805. The van der Waals surface area contributed by atoms with Gasteiger partial charge in [0.25, 0.3) is 0 Å². The van der Waals surface area contributed by atoms with E-state index < -0.39 is 6.04 Å². The van der Waals surface area contributed by atoms with Gasteiger partial charge in [-0.3, -0.25) is 14.8 Å². The molecule has 0 aliphatic carbocycles. The quantitative estimate of drug-likeness (QED) is 0.697. The van der Waals surface area contributed by atoms with Crippen LogP contribution in [0.5, 0.6) is 0 Å². The fourth-order valence-corrected chi connectivity index (χ4v) is 3.67. The SMILES string of the molecule is CN1c2ccccc2C(c2ccccc2F)=NCC1C(N)C(=O)c1cccnc1. The highest BCUT2D eigenvalue weighted by Crippen LogP contribution is 2.29. The van der Waals surface area contributed by atoms with Crippen molar-refractivity contribution in [3.05, 3.63) is 95.6 Å². The smallest absolute Gasteiger partial charge is 0.183 e. The number of nitrogens with two attached hydrogens (primary N) is 1. The van der Waals surface area contributed by atoms with Gasteiger partial charge in [0, 0.05) is 41.8 Å². The molecule has 0 amide bonds. The second kappa shape index (κ2) is 7.93. The summed E-state index contributed by atoms with van der Waals surface area (Å²) in [5, 5.41) is 0. The minimum absolute atomic E-state index is 0.197. The summed E-state index contributed by atoms with van der Waals surface area (Å²) in [4.78, 5) is 23.6. The highest BCUT2D eigenvalue weighted by atomic mass is 19.1. The predicted molar refractivity (Wildman–Crippen MR) is 112 cm³/mol. The normalized spacial score (nSPS) is 17.1. The van der Waals surface area contributed by atoms with Crippen LogP contribution in [0.4, 0.5) is 10.1 Å². The number of hydrogen-bond donors (Lipinski definition) is 1. The third-order valence-corrected chi connectivity index (χ3v) is 5.27. The molecule has 0 radical (unpaired) electrons. The molecule has 146 valence electrons. The molecule has 4 rings (SSSR count). The van der Waals surface area contributed by atoms with E-state index in [1.165, 1.54) is 12.3 Å². The van der Waals surface area contributed by atoms with Crippen molar-refractivity contribution >= 4 is 17.2 Å². The van der Waals surface area contributed by atoms with Crippen LogP contribution in [0.1, 0.15) is 21.5 Å². The number of aromatic nitrogens is 1. The number of pyridine rings is 1. The van der Waals surface area contributed by atoms with Crippen LogP contribution in [-0.2, 0) is 0 Å². The zero-order valence-corrected chi connectivity index (χ0v) is 16.0. The van der Waals surface area contributed by atoms with Crippen molar-refractivity contribution in [2.75, 3.05) is 18.5 Å². The second-order valence-corrected chi connectivity index (χ2v) is 7.00. The molecule has 2 unspecified atom stereocenters.